The van der Waals surface area contributed by atoms with Crippen molar-refractivity contribution in [2.75, 3.05) is 30.5 Å². The summed E-state index contributed by atoms with van der Waals surface area (Å²) in [5, 5.41) is 7.22. The molecule has 7 nitrogen and oxygen atoms in total. The maximum absolute atomic E-state index is 13.2. The summed E-state index contributed by atoms with van der Waals surface area (Å²) in [7, 11) is 1.35. The lowest BCUT2D eigenvalue weighted by molar-refractivity contribution is -0.141. The quantitative estimate of drug-likeness (QED) is 0.0545. The van der Waals surface area contributed by atoms with Crippen molar-refractivity contribution in [1.29, 1.82) is 0 Å². The molecule has 1 aromatic heterocycles. The number of para-hydroxylation sites is 2. The van der Waals surface area contributed by atoms with Crippen molar-refractivity contribution in [3.8, 4) is 5.75 Å². The molecule has 0 saturated heterocycles. The number of ketones is 1. The zero-order valence-electron chi connectivity index (χ0n) is 26.1. The van der Waals surface area contributed by atoms with Crippen molar-refractivity contribution in [1.82, 2.24) is 0 Å². The second-order valence-electron chi connectivity index (χ2n) is 10.7. The Bertz CT molecular complexity index is 1770. The van der Waals surface area contributed by atoms with Crippen molar-refractivity contribution in [2.45, 2.75) is 18.9 Å². The Kier molecular flexibility index (Phi) is 11.7. The molecule has 1 amide bonds. The molecule has 1 N–H and O–H groups in total. The van der Waals surface area contributed by atoms with Gasteiger partial charge in [-0.15, -0.1) is 0 Å². The highest BCUT2D eigenvalue weighted by Crippen LogP contribution is 2.23. The smallest absolute Gasteiger partial charge is 0.328 e. The number of rotatable bonds is 15. The molecule has 238 valence electrons. The molecule has 5 rings (SSSR count). The lowest BCUT2D eigenvalue weighted by Crippen LogP contribution is -2.33. The molecule has 4 aromatic carbocycles. The van der Waals surface area contributed by atoms with Crippen molar-refractivity contribution in [2.24, 2.45) is 0 Å². The summed E-state index contributed by atoms with van der Waals surface area (Å²) >= 11 is 1.59. The lowest BCUT2D eigenvalue weighted by atomic mass is 10.00. The molecule has 0 aliphatic carbocycles. The third kappa shape index (κ3) is 9.28. The first-order valence-electron chi connectivity index (χ1n) is 15.3. The molecular formula is C39H36N2O5S. The minimum Gasteiger partial charge on any atom is -0.494 e. The van der Waals surface area contributed by atoms with Gasteiger partial charge in [0.25, 0.3) is 5.91 Å². The predicted molar refractivity (Wildman–Crippen MR) is 188 cm³/mol. The van der Waals surface area contributed by atoms with Crippen LogP contribution in [-0.2, 0) is 20.7 Å². The lowest BCUT2D eigenvalue weighted by Gasteiger charge is -2.21. The number of amides is 1. The normalized spacial score (nSPS) is 11.5. The molecule has 1 heterocycles. The second kappa shape index (κ2) is 16.7. The van der Waals surface area contributed by atoms with Crippen LogP contribution in [-0.4, -0.2) is 44.0 Å². The minimum absolute atomic E-state index is 0.0902. The average Bonchev–Trinajstić information content (AvgIpc) is 3.65. The summed E-state index contributed by atoms with van der Waals surface area (Å²) in [6.45, 7) is 0.915. The van der Waals surface area contributed by atoms with Gasteiger partial charge in [-0.1, -0.05) is 72.8 Å². The van der Waals surface area contributed by atoms with E-state index >= 15 is 0 Å². The molecule has 0 radical (unpaired) electrons. The Hall–Kier alpha value is -5.47. The van der Waals surface area contributed by atoms with E-state index in [1.165, 1.54) is 7.11 Å². The maximum Gasteiger partial charge on any atom is 0.328 e. The number of hydrogen-bond donors (Lipinski definition) is 1. The van der Waals surface area contributed by atoms with Gasteiger partial charge in [0, 0.05) is 41.5 Å². The summed E-state index contributed by atoms with van der Waals surface area (Å²) in [5.74, 6) is 0.0255. The molecule has 0 saturated carbocycles. The number of hydrogen-bond acceptors (Lipinski definition) is 7. The Labute approximate surface area is 279 Å². The fourth-order valence-corrected chi connectivity index (χ4v) is 5.68. The van der Waals surface area contributed by atoms with Gasteiger partial charge in [-0.3, -0.25) is 9.59 Å². The topological polar surface area (TPSA) is 84.9 Å². The number of esters is 1. The number of benzene rings is 4. The number of carbonyl (C=O) groups excluding carboxylic acids is 3. The fourth-order valence-electron chi connectivity index (χ4n) is 5.05. The maximum atomic E-state index is 13.2. The molecule has 0 fully saturated rings. The summed E-state index contributed by atoms with van der Waals surface area (Å²) in [4.78, 5) is 40.8. The molecule has 0 aliphatic rings. The highest BCUT2D eigenvalue weighted by molar-refractivity contribution is 7.08. The van der Waals surface area contributed by atoms with Crippen molar-refractivity contribution in [3.63, 3.8) is 0 Å². The van der Waals surface area contributed by atoms with Crippen molar-refractivity contribution in [3.05, 3.63) is 154 Å². The van der Waals surface area contributed by atoms with E-state index in [1.54, 1.807) is 52.6 Å². The van der Waals surface area contributed by atoms with E-state index in [4.69, 9.17) is 9.47 Å². The molecular weight excluding hydrogens is 609 g/mol. The van der Waals surface area contributed by atoms with E-state index < -0.39 is 12.0 Å². The molecule has 0 aliphatic heterocycles. The molecule has 1 atom stereocenters. The van der Waals surface area contributed by atoms with Crippen molar-refractivity contribution < 1.29 is 23.9 Å². The first-order chi connectivity index (χ1) is 23.0. The molecule has 47 heavy (non-hydrogen) atoms. The number of methoxy groups -OCH3 is 1. The van der Waals surface area contributed by atoms with Crippen LogP contribution in [0.25, 0.3) is 6.08 Å². The number of nitrogens with zero attached hydrogens (tertiary/aromatic N) is 1. The van der Waals surface area contributed by atoms with Gasteiger partial charge in [0.05, 0.1) is 13.7 Å². The van der Waals surface area contributed by atoms with Gasteiger partial charge in [0.15, 0.2) is 5.78 Å². The van der Waals surface area contributed by atoms with Crippen molar-refractivity contribution >= 4 is 46.4 Å². The number of ether oxygens (including phenoxy) is 2. The van der Waals surface area contributed by atoms with Gasteiger partial charge in [0.2, 0.25) is 0 Å². The Balaban J connectivity index is 1.18. The van der Waals surface area contributed by atoms with Gasteiger partial charge in [-0.05, 0) is 76.8 Å². The molecule has 8 heteroatoms. The summed E-state index contributed by atoms with van der Waals surface area (Å²) in [6, 6.07) is 34.6. The van der Waals surface area contributed by atoms with Crippen LogP contribution in [0.5, 0.6) is 5.75 Å². The van der Waals surface area contributed by atoms with Gasteiger partial charge < -0.3 is 19.7 Å². The largest absolute Gasteiger partial charge is 0.494 e. The first kappa shape index (κ1) is 32.9. The molecule has 1 unspecified atom stereocenters. The third-order valence-corrected chi connectivity index (χ3v) is 8.18. The van der Waals surface area contributed by atoms with E-state index in [1.807, 2.05) is 102 Å². The highest BCUT2D eigenvalue weighted by Gasteiger charge is 2.23. The van der Waals surface area contributed by atoms with Gasteiger partial charge >= 0.3 is 5.97 Å². The van der Waals surface area contributed by atoms with E-state index in [9.17, 15) is 14.4 Å². The molecule has 0 spiro atoms. The highest BCUT2D eigenvalue weighted by atomic mass is 32.1. The Morgan fingerprint density at radius 1 is 0.851 bits per heavy atom. The van der Waals surface area contributed by atoms with Crippen LogP contribution in [0.2, 0.25) is 0 Å². The van der Waals surface area contributed by atoms with Gasteiger partial charge in [-0.2, -0.15) is 11.3 Å². The van der Waals surface area contributed by atoms with E-state index in [2.05, 4.69) is 5.32 Å². The van der Waals surface area contributed by atoms with Crippen LogP contribution >= 0.6 is 11.3 Å². The van der Waals surface area contributed by atoms with Crippen LogP contribution in [0.15, 0.2) is 132 Å². The fraction of sp³-hybridized carbons (Fsp3) is 0.154. The Morgan fingerprint density at radius 2 is 1.55 bits per heavy atom. The predicted octanol–water partition coefficient (Wildman–Crippen LogP) is 7.69. The van der Waals surface area contributed by atoms with E-state index in [0.29, 0.717) is 48.6 Å². The second-order valence-corrected chi connectivity index (χ2v) is 11.5. The molecule has 0 bridgehead atoms. The number of thiophene rings is 1. The molecule has 5 aromatic rings. The summed E-state index contributed by atoms with van der Waals surface area (Å²) in [6.07, 6.45) is 4.40. The monoisotopic (exact) mass is 644 g/mol. The van der Waals surface area contributed by atoms with E-state index in [0.717, 1.165) is 16.8 Å². The summed E-state index contributed by atoms with van der Waals surface area (Å²) in [5.41, 5.74) is 4.32. The van der Waals surface area contributed by atoms with Crippen LogP contribution in [0.1, 0.15) is 33.5 Å². The Morgan fingerprint density at radius 3 is 2.26 bits per heavy atom. The van der Waals surface area contributed by atoms with E-state index in [-0.39, 0.29) is 11.7 Å². The number of nitrogens with one attached hydrogen (secondary N) is 1. The van der Waals surface area contributed by atoms with Crippen LogP contribution < -0.4 is 15.0 Å². The SMILES string of the molecule is COC(=O)C(Cc1ccc(OCCCN(C(=O)C=Cc2ccsc2)c2ccccc2)cc1)Nc1ccccc1C(=O)c1ccccc1. The standard InChI is InChI=1S/C39H36N2O5S/c1-45-39(44)36(40-35-16-9-8-15-34(35)38(43)31-11-4-2-5-12-31)27-29-17-20-33(21-18-29)46-25-10-24-41(32-13-6-3-7-14-32)37(42)22-19-30-23-26-47-28-30/h2-9,11-23,26,28,36,40H,10,24-25,27H2,1H3. The third-order valence-electron chi connectivity index (χ3n) is 7.48. The zero-order valence-corrected chi connectivity index (χ0v) is 26.9. The minimum atomic E-state index is -0.716. The number of carbonyl (C=O) groups is 3. The van der Waals surface area contributed by atoms with Gasteiger partial charge in [0.1, 0.15) is 11.8 Å². The first-order valence-corrected chi connectivity index (χ1v) is 16.3. The van der Waals surface area contributed by atoms with Crippen LogP contribution in [0.4, 0.5) is 11.4 Å². The summed E-state index contributed by atoms with van der Waals surface area (Å²) < 4.78 is 11.1. The average molecular weight is 645 g/mol. The van der Waals surface area contributed by atoms with Crippen LogP contribution in [0, 0.1) is 0 Å². The zero-order chi connectivity index (χ0) is 32.8. The number of anilines is 2. The van der Waals surface area contributed by atoms with Crippen LogP contribution in [0.3, 0.4) is 0 Å². The van der Waals surface area contributed by atoms with Gasteiger partial charge in [-0.25, -0.2) is 4.79 Å².